The third kappa shape index (κ3) is 3.76. The zero-order valence-electron chi connectivity index (χ0n) is 12.7. The van der Waals surface area contributed by atoms with E-state index >= 15 is 0 Å². The number of aliphatic carboxylic acids is 1. The van der Waals surface area contributed by atoms with E-state index in [9.17, 15) is 19.8 Å². The summed E-state index contributed by atoms with van der Waals surface area (Å²) in [5.74, 6) is -0.916. The number of carbonyl (C=O) groups excluding carboxylic acids is 1. The summed E-state index contributed by atoms with van der Waals surface area (Å²) in [7, 11) is 0. The van der Waals surface area contributed by atoms with Gasteiger partial charge in [0.15, 0.2) is 0 Å². The maximum Gasteiger partial charge on any atom is 0.310 e. The fourth-order valence-electron chi connectivity index (χ4n) is 3.92. The normalized spacial score (nSPS) is 22.1. The Balaban J connectivity index is 2.05. The first-order valence-corrected chi connectivity index (χ1v) is 8.23. The van der Waals surface area contributed by atoms with Crippen molar-refractivity contribution in [3.63, 3.8) is 0 Å². The van der Waals surface area contributed by atoms with E-state index < -0.39 is 11.4 Å². The molecule has 2 saturated carbocycles. The Morgan fingerprint density at radius 1 is 1.05 bits per heavy atom. The van der Waals surface area contributed by atoms with E-state index in [1.165, 1.54) is 6.42 Å². The molecule has 0 saturated heterocycles. The summed E-state index contributed by atoms with van der Waals surface area (Å²) in [4.78, 5) is 26.0. The average molecular weight is 297 g/mol. The summed E-state index contributed by atoms with van der Waals surface area (Å²) in [6.07, 6.45) is 8.48. The molecule has 2 aliphatic carbocycles. The quantitative estimate of drug-likeness (QED) is 0.787. The van der Waals surface area contributed by atoms with Crippen LogP contribution in [-0.4, -0.2) is 46.2 Å². The molecule has 0 bridgehead atoms. The predicted octanol–water partition coefficient (Wildman–Crippen LogP) is 2.18. The summed E-state index contributed by atoms with van der Waals surface area (Å²) >= 11 is 0. The summed E-state index contributed by atoms with van der Waals surface area (Å²) < 4.78 is 0. The summed E-state index contributed by atoms with van der Waals surface area (Å²) in [6.45, 7) is 0.279. The molecule has 0 heterocycles. The Bertz CT molecular complexity index is 370. The number of carboxylic acids is 1. The summed E-state index contributed by atoms with van der Waals surface area (Å²) in [6, 6.07) is 0.186. The number of carbonyl (C=O) groups is 2. The van der Waals surface area contributed by atoms with Gasteiger partial charge in [-0.3, -0.25) is 9.59 Å². The van der Waals surface area contributed by atoms with E-state index in [0.717, 1.165) is 38.5 Å². The van der Waals surface area contributed by atoms with Crippen molar-refractivity contribution in [3.8, 4) is 0 Å². The number of aliphatic hydroxyl groups is 1. The first-order valence-electron chi connectivity index (χ1n) is 8.23. The van der Waals surface area contributed by atoms with Crippen molar-refractivity contribution in [1.82, 2.24) is 4.90 Å². The van der Waals surface area contributed by atoms with Crippen LogP contribution in [0.5, 0.6) is 0 Å². The number of rotatable bonds is 6. The molecule has 2 rings (SSSR count). The third-order valence-corrected chi connectivity index (χ3v) is 5.18. The second kappa shape index (κ2) is 7.25. The molecule has 1 amide bonds. The van der Waals surface area contributed by atoms with Gasteiger partial charge in [-0.15, -0.1) is 0 Å². The monoisotopic (exact) mass is 297 g/mol. The zero-order chi connectivity index (χ0) is 15.3. The van der Waals surface area contributed by atoms with Crippen LogP contribution in [0.2, 0.25) is 0 Å². The fourth-order valence-corrected chi connectivity index (χ4v) is 3.92. The van der Waals surface area contributed by atoms with Crippen molar-refractivity contribution < 1.29 is 19.8 Å². The van der Waals surface area contributed by atoms with Crippen molar-refractivity contribution in [2.45, 2.75) is 70.3 Å². The van der Waals surface area contributed by atoms with Crippen LogP contribution in [0.15, 0.2) is 0 Å². The molecular formula is C16H27NO4. The molecular weight excluding hydrogens is 270 g/mol. The fraction of sp³-hybridized carbons (Fsp3) is 0.875. The second-order valence-electron chi connectivity index (χ2n) is 6.57. The van der Waals surface area contributed by atoms with Gasteiger partial charge < -0.3 is 15.1 Å². The highest BCUT2D eigenvalue weighted by Crippen LogP contribution is 2.42. The van der Waals surface area contributed by atoms with Crippen LogP contribution in [0.3, 0.4) is 0 Å². The second-order valence-corrected chi connectivity index (χ2v) is 6.57. The van der Waals surface area contributed by atoms with E-state index in [1.807, 2.05) is 0 Å². The Morgan fingerprint density at radius 2 is 1.67 bits per heavy atom. The molecule has 0 aromatic heterocycles. The standard InChI is InChI=1S/C16H27NO4/c18-11-10-17(13-6-2-1-3-7-13)14(19)12-16(15(20)21)8-4-5-9-16/h13,18H,1-12H2,(H,20,21). The van der Waals surface area contributed by atoms with Crippen LogP contribution in [0.25, 0.3) is 0 Å². The highest BCUT2D eigenvalue weighted by atomic mass is 16.4. The highest BCUT2D eigenvalue weighted by Gasteiger charge is 2.44. The predicted molar refractivity (Wildman–Crippen MR) is 78.8 cm³/mol. The first kappa shape index (κ1) is 16.3. The minimum atomic E-state index is -0.862. The smallest absolute Gasteiger partial charge is 0.310 e. The summed E-state index contributed by atoms with van der Waals surface area (Å²) in [5.41, 5.74) is -0.862. The largest absolute Gasteiger partial charge is 0.481 e. The average Bonchev–Trinajstić information content (AvgIpc) is 2.95. The van der Waals surface area contributed by atoms with E-state index in [1.54, 1.807) is 4.90 Å². The molecule has 2 aliphatic rings. The molecule has 2 N–H and O–H groups in total. The van der Waals surface area contributed by atoms with Crippen LogP contribution < -0.4 is 0 Å². The SMILES string of the molecule is O=C(CC1(C(=O)O)CCCC1)N(CCO)C1CCCCC1. The van der Waals surface area contributed by atoms with Crippen molar-refractivity contribution in [2.24, 2.45) is 5.41 Å². The van der Waals surface area contributed by atoms with E-state index in [2.05, 4.69) is 0 Å². The molecule has 0 spiro atoms. The molecule has 2 fully saturated rings. The lowest BCUT2D eigenvalue weighted by Crippen LogP contribution is -2.46. The van der Waals surface area contributed by atoms with Crippen LogP contribution in [0.1, 0.15) is 64.2 Å². The maximum atomic E-state index is 12.6. The third-order valence-electron chi connectivity index (χ3n) is 5.18. The van der Waals surface area contributed by atoms with Gasteiger partial charge >= 0.3 is 5.97 Å². The first-order chi connectivity index (χ1) is 10.1. The Hall–Kier alpha value is -1.10. The van der Waals surface area contributed by atoms with Crippen molar-refractivity contribution in [2.75, 3.05) is 13.2 Å². The highest BCUT2D eigenvalue weighted by molar-refractivity contribution is 5.85. The lowest BCUT2D eigenvalue weighted by molar-refractivity contribution is -0.154. The minimum absolute atomic E-state index is 0.0533. The maximum absolute atomic E-state index is 12.6. The van der Waals surface area contributed by atoms with Gasteiger partial charge in [0.2, 0.25) is 5.91 Å². The van der Waals surface area contributed by atoms with E-state index in [-0.39, 0.29) is 25.0 Å². The molecule has 0 aromatic rings. The van der Waals surface area contributed by atoms with Crippen molar-refractivity contribution in [3.05, 3.63) is 0 Å². The number of hydrogen-bond donors (Lipinski definition) is 2. The molecule has 0 aliphatic heterocycles. The molecule has 0 radical (unpaired) electrons. The lowest BCUT2D eigenvalue weighted by Gasteiger charge is -2.36. The van der Waals surface area contributed by atoms with Gasteiger partial charge in [-0.05, 0) is 25.7 Å². The van der Waals surface area contributed by atoms with Gasteiger partial charge in [0, 0.05) is 19.0 Å². The van der Waals surface area contributed by atoms with Crippen LogP contribution in [0.4, 0.5) is 0 Å². The Morgan fingerprint density at radius 3 is 2.19 bits per heavy atom. The molecule has 5 nitrogen and oxygen atoms in total. The molecule has 5 heteroatoms. The topological polar surface area (TPSA) is 77.8 Å². The molecule has 0 unspecified atom stereocenters. The number of nitrogens with zero attached hydrogens (tertiary/aromatic N) is 1. The van der Waals surface area contributed by atoms with E-state index in [4.69, 9.17) is 0 Å². The van der Waals surface area contributed by atoms with Gasteiger partial charge in [-0.2, -0.15) is 0 Å². The van der Waals surface area contributed by atoms with Crippen molar-refractivity contribution in [1.29, 1.82) is 0 Å². The summed E-state index contributed by atoms with van der Waals surface area (Å²) in [5, 5.41) is 18.8. The van der Waals surface area contributed by atoms with Crippen LogP contribution in [0, 0.1) is 5.41 Å². The minimum Gasteiger partial charge on any atom is -0.481 e. The van der Waals surface area contributed by atoms with Gasteiger partial charge in [-0.25, -0.2) is 0 Å². The number of hydrogen-bond acceptors (Lipinski definition) is 3. The zero-order valence-corrected chi connectivity index (χ0v) is 12.7. The molecule has 21 heavy (non-hydrogen) atoms. The molecule has 0 aromatic carbocycles. The Kier molecular flexibility index (Phi) is 5.62. The van der Waals surface area contributed by atoms with E-state index in [0.29, 0.717) is 19.4 Å². The molecule has 0 atom stereocenters. The van der Waals surface area contributed by atoms with Gasteiger partial charge in [0.05, 0.1) is 12.0 Å². The van der Waals surface area contributed by atoms with Gasteiger partial charge in [0.25, 0.3) is 0 Å². The number of amides is 1. The lowest BCUT2D eigenvalue weighted by atomic mass is 9.82. The van der Waals surface area contributed by atoms with Crippen LogP contribution in [-0.2, 0) is 9.59 Å². The van der Waals surface area contributed by atoms with Crippen molar-refractivity contribution >= 4 is 11.9 Å². The van der Waals surface area contributed by atoms with Gasteiger partial charge in [0.1, 0.15) is 0 Å². The Labute approximate surface area is 126 Å². The van der Waals surface area contributed by atoms with Crippen LogP contribution >= 0.6 is 0 Å². The number of carboxylic acid groups (broad SMARTS) is 1. The molecule has 120 valence electrons. The van der Waals surface area contributed by atoms with Gasteiger partial charge in [-0.1, -0.05) is 32.1 Å². The number of aliphatic hydroxyl groups excluding tert-OH is 1.